The molecule has 6 heteroatoms. The Morgan fingerprint density at radius 3 is 2.30 bits per heavy atom. The van der Waals surface area contributed by atoms with Crippen molar-refractivity contribution < 1.29 is 14.0 Å². The molecule has 144 valence electrons. The molecular weight excluding hydrogens is 367 g/mol. The van der Waals surface area contributed by atoms with Gasteiger partial charge >= 0.3 is 0 Å². The standard InChI is InChI=1S/C21H24ClFN2O2/c1-14(2)24-21(27)15(3)25(13-17-6-4-5-7-19(17)22)20(26)12-16-8-10-18(23)11-9-16/h4-11,14-15H,12-13H2,1-3H3,(H,24,27)/t15-/m1/s1. The summed E-state index contributed by atoms with van der Waals surface area (Å²) in [6.07, 6.45) is 0.0734. The van der Waals surface area contributed by atoms with Gasteiger partial charge in [0.05, 0.1) is 6.42 Å². The van der Waals surface area contributed by atoms with Gasteiger partial charge in [-0.1, -0.05) is 41.9 Å². The van der Waals surface area contributed by atoms with Gasteiger partial charge in [0.2, 0.25) is 11.8 Å². The van der Waals surface area contributed by atoms with Gasteiger partial charge in [-0.05, 0) is 50.1 Å². The molecule has 0 heterocycles. The molecule has 0 bridgehead atoms. The molecule has 0 aliphatic heterocycles. The minimum absolute atomic E-state index is 0.0330. The van der Waals surface area contributed by atoms with Crippen molar-refractivity contribution in [2.24, 2.45) is 0 Å². The maximum Gasteiger partial charge on any atom is 0.242 e. The molecule has 2 amide bonds. The molecule has 0 fully saturated rings. The van der Waals surface area contributed by atoms with Crippen LogP contribution in [0.1, 0.15) is 31.9 Å². The van der Waals surface area contributed by atoms with E-state index in [4.69, 9.17) is 11.6 Å². The van der Waals surface area contributed by atoms with Gasteiger partial charge in [-0.25, -0.2) is 4.39 Å². The van der Waals surface area contributed by atoms with E-state index < -0.39 is 6.04 Å². The Labute approximate surface area is 164 Å². The van der Waals surface area contributed by atoms with E-state index in [1.54, 1.807) is 25.1 Å². The Morgan fingerprint density at radius 1 is 1.07 bits per heavy atom. The fraction of sp³-hybridized carbons (Fsp3) is 0.333. The van der Waals surface area contributed by atoms with Crippen LogP contribution in [0.2, 0.25) is 5.02 Å². The number of nitrogens with one attached hydrogen (secondary N) is 1. The van der Waals surface area contributed by atoms with Crippen LogP contribution in [0.3, 0.4) is 0 Å². The van der Waals surface area contributed by atoms with Crippen molar-refractivity contribution in [2.75, 3.05) is 0 Å². The van der Waals surface area contributed by atoms with E-state index in [2.05, 4.69) is 5.32 Å². The van der Waals surface area contributed by atoms with Gasteiger partial charge in [-0.15, -0.1) is 0 Å². The Bertz CT molecular complexity index is 793. The molecule has 0 radical (unpaired) electrons. The van der Waals surface area contributed by atoms with E-state index in [1.165, 1.54) is 17.0 Å². The van der Waals surface area contributed by atoms with Gasteiger partial charge < -0.3 is 10.2 Å². The van der Waals surface area contributed by atoms with Crippen molar-refractivity contribution in [3.05, 3.63) is 70.5 Å². The Balaban J connectivity index is 2.24. The van der Waals surface area contributed by atoms with Crippen LogP contribution in [0.4, 0.5) is 4.39 Å². The lowest BCUT2D eigenvalue weighted by atomic mass is 10.1. The third-order valence-electron chi connectivity index (χ3n) is 4.17. The normalized spacial score (nSPS) is 11.9. The van der Waals surface area contributed by atoms with Crippen LogP contribution in [-0.2, 0) is 22.6 Å². The maximum atomic E-state index is 13.1. The summed E-state index contributed by atoms with van der Waals surface area (Å²) in [4.78, 5) is 26.9. The number of nitrogens with zero attached hydrogens (tertiary/aromatic N) is 1. The number of hydrogen-bond donors (Lipinski definition) is 1. The molecular formula is C21H24ClFN2O2. The minimum Gasteiger partial charge on any atom is -0.352 e. The molecule has 0 aliphatic carbocycles. The van der Waals surface area contributed by atoms with Gasteiger partial charge in [0.15, 0.2) is 0 Å². The zero-order valence-electron chi connectivity index (χ0n) is 15.7. The van der Waals surface area contributed by atoms with Gasteiger partial charge in [-0.3, -0.25) is 9.59 Å². The average Bonchev–Trinajstić information content (AvgIpc) is 2.61. The molecule has 1 atom stereocenters. The largest absolute Gasteiger partial charge is 0.352 e. The highest BCUT2D eigenvalue weighted by Crippen LogP contribution is 2.19. The third kappa shape index (κ3) is 6.07. The summed E-state index contributed by atoms with van der Waals surface area (Å²) in [5, 5.41) is 3.37. The summed E-state index contributed by atoms with van der Waals surface area (Å²) in [7, 11) is 0. The van der Waals surface area contributed by atoms with E-state index in [0.29, 0.717) is 10.6 Å². The fourth-order valence-electron chi connectivity index (χ4n) is 2.68. The Hall–Kier alpha value is -2.40. The van der Waals surface area contributed by atoms with E-state index in [9.17, 15) is 14.0 Å². The predicted octanol–water partition coefficient (Wildman–Crippen LogP) is 3.96. The minimum atomic E-state index is -0.670. The van der Waals surface area contributed by atoms with Gasteiger partial charge in [0.1, 0.15) is 11.9 Å². The number of rotatable bonds is 7. The molecule has 4 nitrogen and oxygen atoms in total. The average molecular weight is 391 g/mol. The van der Waals surface area contributed by atoms with Crippen LogP contribution >= 0.6 is 11.6 Å². The van der Waals surface area contributed by atoms with E-state index in [-0.39, 0.29) is 36.6 Å². The molecule has 0 aliphatic rings. The van der Waals surface area contributed by atoms with Gasteiger partial charge in [0.25, 0.3) is 0 Å². The zero-order chi connectivity index (χ0) is 20.0. The molecule has 0 spiro atoms. The summed E-state index contributed by atoms with van der Waals surface area (Å²) < 4.78 is 13.1. The first-order valence-electron chi connectivity index (χ1n) is 8.85. The van der Waals surface area contributed by atoms with Crippen LogP contribution < -0.4 is 5.32 Å². The molecule has 0 aromatic heterocycles. The Morgan fingerprint density at radius 2 is 1.70 bits per heavy atom. The van der Waals surface area contributed by atoms with Crippen molar-refractivity contribution >= 4 is 23.4 Å². The Kier molecular flexibility index (Phi) is 7.36. The number of amides is 2. The topological polar surface area (TPSA) is 49.4 Å². The number of carbonyl (C=O) groups excluding carboxylic acids is 2. The number of hydrogen-bond acceptors (Lipinski definition) is 2. The first kappa shape index (κ1) is 20.9. The summed E-state index contributed by atoms with van der Waals surface area (Å²) in [6, 6.07) is 12.3. The van der Waals surface area contributed by atoms with Gasteiger partial charge in [-0.2, -0.15) is 0 Å². The molecule has 2 aromatic rings. The lowest BCUT2D eigenvalue weighted by Crippen LogP contribution is -2.49. The molecule has 2 aromatic carbocycles. The summed E-state index contributed by atoms with van der Waals surface area (Å²) >= 11 is 6.24. The van der Waals surface area contributed by atoms with Crippen LogP contribution in [0.25, 0.3) is 0 Å². The van der Waals surface area contributed by atoms with Crippen molar-refractivity contribution in [3.8, 4) is 0 Å². The number of carbonyl (C=O) groups is 2. The zero-order valence-corrected chi connectivity index (χ0v) is 16.5. The molecule has 0 unspecified atom stereocenters. The van der Waals surface area contributed by atoms with Crippen LogP contribution in [0.5, 0.6) is 0 Å². The van der Waals surface area contributed by atoms with E-state index in [1.807, 2.05) is 32.0 Å². The highest BCUT2D eigenvalue weighted by molar-refractivity contribution is 6.31. The summed E-state index contributed by atoms with van der Waals surface area (Å²) in [5.74, 6) is -0.818. The van der Waals surface area contributed by atoms with E-state index >= 15 is 0 Å². The highest BCUT2D eigenvalue weighted by atomic mass is 35.5. The van der Waals surface area contributed by atoms with Crippen molar-refractivity contribution in [1.82, 2.24) is 10.2 Å². The van der Waals surface area contributed by atoms with Crippen LogP contribution in [0.15, 0.2) is 48.5 Å². The molecule has 27 heavy (non-hydrogen) atoms. The SMILES string of the molecule is CC(C)NC(=O)[C@@H](C)N(Cc1ccccc1Cl)C(=O)Cc1ccc(F)cc1. The van der Waals surface area contributed by atoms with E-state index in [0.717, 1.165) is 5.56 Å². The summed E-state index contributed by atoms with van der Waals surface area (Å²) in [6.45, 7) is 5.64. The molecule has 0 saturated carbocycles. The quantitative estimate of drug-likeness (QED) is 0.777. The lowest BCUT2D eigenvalue weighted by Gasteiger charge is -2.29. The van der Waals surface area contributed by atoms with Gasteiger partial charge in [0, 0.05) is 17.6 Å². The maximum absolute atomic E-state index is 13.1. The second kappa shape index (κ2) is 9.51. The first-order valence-corrected chi connectivity index (χ1v) is 9.23. The molecule has 0 saturated heterocycles. The fourth-order valence-corrected chi connectivity index (χ4v) is 2.87. The number of benzene rings is 2. The summed E-state index contributed by atoms with van der Waals surface area (Å²) in [5.41, 5.74) is 1.44. The molecule has 2 rings (SSSR count). The van der Waals surface area contributed by atoms with Crippen molar-refractivity contribution in [3.63, 3.8) is 0 Å². The lowest BCUT2D eigenvalue weighted by molar-refractivity contribution is -0.140. The van der Waals surface area contributed by atoms with Crippen LogP contribution in [0, 0.1) is 5.82 Å². The van der Waals surface area contributed by atoms with Crippen LogP contribution in [-0.4, -0.2) is 28.8 Å². The second-order valence-electron chi connectivity index (χ2n) is 6.76. The van der Waals surface area contributed by atoms with Crippen molar-refractivity contribution in [2.45, 2.75) is 45.8 Å². The number of halogens is 2. The smallest absolute Gasteiger partial charge is 0.242 e. The first-order chi connectivity index (χ1) is 12.8. The monoisotopic (exact) mass is 390 g/mol. The highest BCUT2D eigenvalue weighted by Gasteiger charge is 2.27. The van der Waals surface area contributed by atoms with Crippen molar-refractivity contribution in [1.29, 1.82) is 0 Å². The third-order valence-corrected chi connectivity index (χ3v) is 4.53. The second-order valence-corrected chi connectivity index (χ2v) is 7.16. The predicted molar refractivity (Wildman–Crippen MR) is 105 cm³/mol. The molecule has 1 N–H and O–H groups in total.